The number of carbonyl (C=O) groups is 1. The molecular weight excluding hydrogens is 429 g/mol. The summed E-state index contributed by atoms with van der Waals surface area (Å²) >= 11 is 0. The molecular formula is C23H18FN5O4. The van der Waals surface area contributed by atoms with Gasteiger partial charge in [0.25, 0.3) is 11.6 Å². The van der Waals surface area contributed by atoms with E-state index in [0.717, 1.165) is 5.56 Å². The largest absolute Gasteiger partial charge is 0.420 e. The van der Waals surface area contributed by atoms with Crippen LogP contribution in [0, 0.1) is 27.3 Å². The number of nitro groups is 1. The van der Waals surface area contributed by atoms with E-state index in [2.05, 4.69) is 4.98 Å². The first-order valence-electron chi connectivity index (χ1n) is 10.1. The fraction of sp³-hybridized carbons (Fsp3) is 0.174. The molecule has 0 unspecified atom stereocenters. The zero-order valence-electron chi connectivity index (χ0n) is 17.3. The summed E-state index contributed by atoms with van der Waals surface area (Å²) in [6, 6.07) is 13.4. The summed E-state index contributed by atoms with van der Waals surface area (Å²) in [5, 5.41) is 20.2. The maximum Gasteiger partial charge on any atom is 0.269 e. The lowest BCUT2D eigenvalue weighted by Crippen LogP contribution is -2.48. The van der Waals surface area contributed by atoms with Crippen LogP contribution in [-0.2, 0) is 0 Å². The Hall–Kier alpha value is -4.52. The van der Waals surface area contributed by atoms with Crippen molar-refractivity contribution in [2.24, 2.45) is 0 Å². The molecule has 4 rings (SSSR count). The number of non-ortho nitro benzene ring substituents is 1. The molecule has 2 aromatic carbocycles. The molecule has 1 aliphatic rings. The standard InChI is InChI=1S/C23H18FN5O4/c24-18-6-1-16(2-7-18)3-10-21-26-20(15-25)23(33-21)28-13-11-27(12-14-28)22(30)17-4-8-19(9-5-17)29(31)32/h1-10H,11-14H2/b10-3+. The van der Waals surface area contributed by atoms with Crippen LogP contribution in [0.5, 0.6) is 0 Å². The lowest BCUT2D eigenvalue weighted by atomic mass is 10.1. The molecule has 0 aliphatic carbocycles. The Morgan fingerprint density at radius 3 is 2.36 bits per heavy atom. The first-order chi connectivity index (χ1) is 15.9. The van der Waals surface area contributed by atoms with Crippen molar-refractivity contribution in [1.29, 1.82) is 5.26 Å². The van der Waals surface area contributed by atoms with E-state index >= 15 is 0 Å². The molecule has 0 bridgehead atoms. The monoisotopic (exact) mass is 447 g/mol. The summed E-state index contributed by atoms with van der Waals surface area (Å²) in [7, 11) is 0. The lowest BCUT2D eigenvalue weighted by Gasteiger charge is -2.34. The second-order valence-electron chi connectivity index (χ2n) is 7.29. The smallest absolute Gasteiger partial charge is 0.269 e. The van der Waals surface area contributed by atoms with Crippen molar-refractivity contribution in [2.45, 2.75) is 0 Å². The van der Waals surface area contributed by atoms with Crippen molar-refractivity contribution in [3.8, 4) is 6.07 Å². The minimum absolute atomic E-state index is 0.0741. The summed E-state index contributed by atoms with van der Waals surface area (Å²) in [5.41, 5.74) is 1.20. The van der Waals surface area contributed by atoms with Crippen molar-refractivity contribution in [3.63, 3.8) is 0 Å². The highest BCUT2D eigenvalue weighted by atomic mass is 19.1. The second-order valence-corrected chi connectivity index (χ2v) is 7.29. The molecule has 1 saturated heterocycles. The van der Waals surface area contributed by atoms with Crippen LogP contribution in [-0.4, -0.2) is 46.9 Å². The number of carbonyl (C=O) groups excluding carboxylic acids is 1. The predicted octanol–water partition coefficient (Wildman–Crippen LogP) is 3.73. The topological polar surface area (TPSA) is 117 Å². The van der Waals surface area contributed by atoms with Crippen LogP contribution in [0.15, 0.2) is 52.9 Å². The van der Waals surface area contributed by atoms with Crippen LogP contribution in [0.2, 0.25) is 0 Å². The molecule has 2 heterocycles. The van der Waals surface area contributed by atoms with Crippen LogP contribution in [0.25, 0.3) is 12.2 Å². The molecule has 0 radical (unpaired) electrons. The van der Waals surface area contributed by atoms with Crippen molar-refractivity contribution >= 4 is 29.6 Å². The number of anilines is 1. The number of halogens is 1. The summed E-state index contributed by atoms with van der Waals surface area (Å²) in [4.78, 5) is 30.7. The Kier molecular flexibility index (Phi) is 6.13. The van der Waals surface area contributed by atoms with Crippen LogP contribution in [0.1, 0.15) is 27.5 Å². The average Bonchev–Trinajstić information content (AvgIpc) is 3.27. The van der Waals surface area contributed by atoms with Crippen molar-refractivity contribution in [2.75, 3.05) is 31.1 Å². The van der Waals surface area contributed by atoms with E-state index in [0.29, 0.717) is 37.6 Å². The maximum atomic E-state index is 13.0. The number of nitrogens with zero attached hydrogens (tertiary/aromatic N) is 5. The SMILES string of the molecule is N#Cc1nc(/C=C/c2ccc(F)cc2)oc1N1CCN(C(=O)c2ccc([N+](=O)[O-])cc2)CC1. The molecule has 33 heavy (non-hydrogen) atoms. The molecule has 9 nitrogen and oxygen atoms in total. The number of nitriles is 1. The minimum atomic E-state index is -0.514. The summed E-state index contributed by atoms with van der Waals surface area (Å²) in [6.45, 7) is 1.65. The number of hydrogen-bond acceptors (Lipinski definition) is 7. The summed E-state index contributed by atoms with van der Waals surface area (Å²) < 4.78 is 18.8. The van der Waals surface area contributed by atoms with Gasteiger partial charge in [-0.2, -0.15) is 10.2 Å². The zero-order chi connectivity index (χ0) is 23.4. The number of rotatable bonds is 5. The number of benzene rings is 2. The maximum absolute atomic E-state index is 13.0. The van der Waals surface area contributed by atoms with E-state index in [1.807, 2.05) is 11.0 Å². The van der Waals surface area contributed by atoms with Gasteiger partial charge in [0.05, 0.1) is 4.92 Å². The fourth-order valence-electron chi connectivity index (χ4n) is 3.45. The number of oxazole rings is 1. The van der Waals surface area contributed by atoms with Gasteiger partial charge in [-0.3, -0.25) is 14.9 Å². The Morgan fingerprint density at radius 1 is 1.09 bits per heavy atom. The number of hydrogen-bond donors (Lipinski definition) is 0. The molecule has 1 amide bonds. The predicted molar refractivity (Wildman–Crippen MR) is 118 cm³/mol. The van der Waals surface area contributed by atoms with Crippen LogP contribution < -0.4 is 4.90 Å². The third-order valence-corrected chi connectivity index (χ3v) is 5.20. The highest BCUT2D eigenvalue weighted by Crippen LogP contribution is 2.25. The molecule has 166 valence electrons. The highest BCUT2D eigenvalue weighted by molar-refractivity contribution is 5.94. The summed E-state index contributed by atoms with van der Waals surface area (Å²) in [6.07, 6.45) is 3.31. The average molecular weight is 447 g/mol. The molecule has 1 aromatic heterocycles. The van der Waals surface area contributed by atoms with Crippen molar-refractivity contribution in [1.82, 2.24) is 9.88 Å². The molecule has 0 saturated carbocycles. The van der Waals surface area contributed by atoms with E-state index in [-0.39, 0.29) is 29.0 Å². The van der Waals surface area contributed by atoms with Crippen molar-refractivity contribution < 1.29 is 18.5 Å². The zero-order valence-corrected chi connectivity index (χ0v) is 17.3. The van der Waals surface area contributed by atoms with Gasteiger partial charge >= 0.3 is 0 Å². The normalized spacial score (nSPS) is 13.8. The molecule has 0 spiro atoms. The third kappa shape index (κ3) is 4.88. The van der Waals surface area contributed by atoms with Gasteiger partial charge in [-0.25, -0.2) is 4.39 Å². The molecule has 0 N–H and O–H groups in total. The van der Waals surface area contributed by atoms with E-state index in [9.17, 15) is 24.6 Å². The number of aromatic nitrogens is 1. The summed E-state index contributed by atoms with van der Waals surface area (Å²) in [5.74, 6) is 0.0306. The van der Waals surface area contributed by atoms with Crippen LogP contribution in [0.3, 0.4) is 0 Å². The van der Waals surface area contributed by atoms with Gasteiger partial charge in [-0.15, -0.1) is 0 Å². The highest BCUT2D eigenvalue weighted by Gasteiger charge is 2.26. The quantitative estimate of drug-likeness (QED) is 0.432. The van der Waals surface area contributed by atoms with Gasteiger partial charge in [-0.1, -0.05) is 12.1 Å². The van der Waals surface area contributed by atoms with Gasteiger partial charge in [0.1, 0.15) is 11.9 Å². The number of nitro benzene ring substituents is 1. The fourth-order valence-corrected chi connectivity index (χ4v) is 3.45. The van der Waals surface area contributed by atoms with Crippen molar-refractivity contribution in [3.05, 3.63) is 87.2 Å². The Labute approximate surface area is 188 Å². The minimum Gasteiger partial charge on any atom is -0.420 e. The molecule has 1 fully saturated rings. The van der Waals surface area contributed by atoms with Gasteiger partial charge < -0.3 is 14.2 Å². The third-order valence-electron chi connectivity index (χ3n) is 5.20. The number of piperazine rings is 1. The van der Waals surface area contributed by atoms with E-state index < -0.39 is 4.92 Å². The Morgan fingerprint density at radius 2 is 1.76 bits per heavy atom. The van der Waals surface area contributed by atoms with Crippen LogP contribution in [0.4, 0.5) is 16.0 Å². The molecule has 10 heteroatoms. The van der Waals surface area contributed by atoms with Gasteiger partial charge in [0.2, 0.25) is 17.5 Å². The second kappa shape index (κ2) is 9.32. The molecule has 1 aliphatic heterocycles. The molecule has 0 atom stereocenters. The van der Waals surface area contributed by atoms with Gasteiger partial charge in [-0.05, 0) is 35.9 Å². The van der Waals surface area contributed by atoms with E-state index in [1.54, 1.807) is 29.2 Å². The van der Waals surface area contributed by atoms with E-state index in [4.69, 9.17) is 4.42 Å². The Balaban J connectivity index is 1.42. The first-order valence-corrected chi connectivity index (χ1v) is 10.1. The van der Waals surface area contributed by atoms with Gasteiger partial charge in [0, 0.05) is 50.0 Å². The first kappa shape index (κ1) is 21.7. The number of amides is 1. The van der Waals surface area contributed by atoms with E-state index in [1.165, 1.54) is 36.4 Å². The molecule has 3 aromatic rings. The van der Waals surface area contributed by atoms with Crippen LogP contribution >= 0.6 is 0 Å². The Bertz CT molecular complexity index is 1240. The lowest BCUT2D eigenvalue weighted by molar-refractivity contribution is -0.384. The van der Waals surface area contributed by atoms with Gasteiger partial charge in [0.15, 0.2) is 0 Å².